The first-order valence-electron chi connectivity index (χ1n) is 9.47. The molecule has 1 aromatic carbocycles. The van der Waals surface area contributed by atoms with Crippen LogP contribution in [0.25, 0.3) is 6.08 Å². The summed E-state index contributed by atoms with van der Waals surface area (Å²) in [5.41, 5.74) is 0.663. The number of nitrogens with zero attached hydrogens (tertiary/aromatic N) is 1. The van der Waals surface area contributed by atoms with Gasteiger partial charge in [0.15, 0.2) is 18.1 Å². The van der Waals surface area contributed by atoms with Crippen LogP contribution in [0, 0.1) is 11.8 Å². The summed E-state index contributed by atoms with van der Waals surface area (Å²) in [7, 11) is 1.51. The van der Waals surface area contributed by atoms with Gasteiger partial charge in [0.25, 0.3) is 5.91 Å². The van der Waals surface area contributed by atoms with Crippen molar-refractivity contribution in [1.82, 2.24) is 4.90 Å². The molecule has 154 valence electrons. The minimum Gasteiger partial charge on any atom is -0.491 e. The number of likely N-dealkylation sites (tertiary alicyclic amines) is 1. The molecule has 0 unspecified atom stereocenters. The maximum atomic E-state index is 12.3. The van der Waals surface area contributed by atoms with Crippen molar-refractivity contribution in [1.29, 1.82) is 0 Å². The highest BCUT2D eigenvalue weighted by Gasteiger charge is 2.25. The van der Waals surface area contributed by atoms with Crippen LogP contribution < -0.4 is 9.47 Å². The molecule has 2 atom stereocenters. The molecule has 0 radical (unpaired) electrons. The van der Waals surface area contributed by atoms with Gasteiger partial charge in [-0.25, -0.2) is 4.79 Å². The number of rotatable bonds is 7. The monoisotopic (exact) mass is 409 g/mol. The molecule has 6 nitrogen and oxygen atoms in total. The second-order valence-electron chi connectivity index (χ2n) is 7.15. The molecule has 28 heavy (non-hydrogen) atoms. The molecule has 0 N–H and O–H groups in total. The third-order valence-electron chi connectivity index (χ3n) is 4.51. The van der Waals surface area contributed by atoms with E-state index in [0.717, 1.165) is 6.42 Å². The van der Waals surface area contributed by atoms with Gasteiger partial charge in [-0.15, -0.1) is 0 Å². The Kier molecular flexibility index (Phi) is 8.18. The zero-order chi connectivity index (χ0) is 20.7. The van der Waals surface area contributed by atoms with Gasteiger partial charge in [-0.2, -0.15) is 0 Å². The van der Waals surface area contributed by atoms with Crippen molar-refractivity contribution in [2.24, 2.45) is 11.8 Å². The minimum absolute atomic E-state index is 0.161. The fraction of sp³-hybridized carbons (Fsp3) is 0.524. The van der Waals surface area contributed by atoms with Crippen LogP contribution in [0.5, 0.6) is 11.5 Å². The van der Waals surface area contributed by atoms with Crippen molar-refractivity contribution in [3.63, 3.8) is 0 Å². The fourth-order valence-electron chi connectivity index (χ4n) is 3.45. The molecule has 1 saturated heterocycles. The van der Waals surface area contributed by atoms with Crippen LogP contribution in [0.3, 0.4) is 0 Å². The highest BCUT2D eigenvalue weighted by atomic mass is 35.5. The second-order valence-corrected chi connectivity index (χ2v) is 7.56. The lowest BCUT2D eigenvalue weighted by atomic mass is 9.92. The van der Waals surface area contributed by atoms with Crippen LogP contribution in [-0.4, -0.2) is 50.2 Å². The number of carbonyl (C=O) groups is 2. The Morgan fingerprint density at radius 1 is 1.25 bits per heavy atom. The highest BCUT2D eigenvalue weighted by molar-refractivity contribution is 6.32. The molecule has 0 saturated carbocycles. The molecule has 1 aromatic rings. The molecule has 0 bridgehead atoms. The summed E-state index contributed by atoms with van der Waals surface area (Å²) in [6.45, 7) is 7.73. The summed E-state index contributed by atoms with van der Waals surface area (Å²) in [4.78, 5) is 26.0. The predicted octanol–water partition coefficient (Wildman–Crippen LogP) is 3.81. The van der Waals surface area contributed by atoms with Gasteiger partial charge >= 0.3 is 5.97 Å². The van der Waals surface area contributed by atoms with E-state index >= 15 is 0 Å². The van der Waals surface area contributed by atoms with E-state index < -0.39 is 5.97 Å². The van der Waals surface area contributed by atoms with Crippen LogP contribution in [0.15, 0.2) is 18.2 Å². The van der Waals surface area contributed by atoms with Crippen LogP contribution in [0.2, 0.25) is 5.02 Å². The number of methoxy groups -OCH3 is 1. The van der Waals surface area contributed by atoms with E-state index in [4.69, 9.17) is 25.8 Å². The minimum atomic E-state index is -0.587. The smallest absolute Gasteiger partial charge is 0.331 e. The number of hydrogen-bond donors (Lipinski definition) is 0. The summed E-state index contributed by atoms with van der Waals surface area (Å²) in [5.74, 6) is 1.11. The summed E-state index contributed by atoms with van der Waals surface area (Å²) in [5, 5.41) is 0.380. The Morgan fingerprint density at radius 2 is 1.93 bits per heavy atom. The van der Waals surface area contributed by atoms with Gasteiger partial charge < -0.3 is 19.1 Å². The van der Waals surface area contributed by atoms with Crippen LogP contribution in [-0.2, 0) is 14.3 Å². The molecule has 1 heterocycles. The lowest BCUT2D eigenvalue weighted by Crippen LogP contribution is -2.44. The van der Waals surface area contributed by atoms with E-state index in [1.807, 2.05) is 6.92 Å². The van der Waals surface area contributed by atoms with Crippen molar-refractivity contribution < 1.29 is 23.8 Å². The second kappa shape index (κ2) is 10.4. The number of benzene rings is 1. The first-order chi connectivity index (χ1) is 13.3. The third kappa shape index (κ3) is 6.16. The number of amides is 1. The van der Waals surface area contributed by atoms with Crippen molar-refractivity contribution in [2.75, 3.05) is 33.4 Å². The molecule has 1 fully saturated rings. The molecule has 1 aliphatic heterocycles. The Bertz CT molecular complexity index is 724. The Hall–Kier alpha value is -2.21. The van der Waals surface area contributed by atoms with Gasteiger partial charge in [-0.3, -0.25) is 4.79 Å². The van der Waals surface area contributed by atoms with Crippen molar-refractivity contribution in [3.05, 3.63) is 28.8 Å². The van der Waals surface area contributed by atoms with E-state index in [1.54, 1.807) is 23.1 Å². The van der Waals surface area contributed by atoms with Gasteiger partial charge in [-0.1, -0.05) is 25.4 Å². The number of piperidine rings is 1. The number of carbonyl (C=O) groups excluding carboxylic acids is 2. The van der Waals surface area contributed by atoms with Gasteiger partial charge in [-0.05, 0) is 49.0 Å². The molecule has 0 spiro atoms. The van der Waals surface area contributed by atoms with Crippen LogP contribution >= 0.6 is 11.6 Å². The van der Waals surface area contributed by atoms with Gasteiger partial charge in [0.1, 0.15) is 0 Å². The lowest BCUT2D eigenvalue weighted by molar-refractivity contribution is -0.149. The van der Waals surface area contributed by atoms with Gasteiger partial charge in [0.05, 0.1) is 18.7 Å². The first kappa shape index (κ1) is 22.1. The fourth-order valence-corrected chi connectivity index (χ4v) is 3.74. The molecular weight excluding hydrogens is 382 g/mol. The molecule has 0 aliphatic carbocycles. The van der Waals surface area contributed by atoms with Gasteiger partial charge in [0.2, 0.25) is 0 Å². The quantitative estimate of drug-likeness (QED) is 0.506. The zero-order valence-corrected chi connectivity index (χ0v) is 17.6. The normalized spacial score (nSPS) is 19.5. The van der Waals surface area contributed by atoms with Gasteiger partial charge in [0, 0.05) is 19.2 Å². The lowest BCUT2D eigenvalue weighted by Gasteiger charge is -2.34. The first-order valence-corrected chi connectivity index (χ1v) is 9.84. The van der Waals surface area contributed by atoms with E-state index in [-0.39, 0.29) is 12.5 Å². The molecule has 1 amide bonds. The predicted molar refractivity (Wildman–Crippen MR) is 109 cm³/mol. The molecule has 0 aromatic heterocycles. The van der Waals surface area contributed by atoms with Crippen molar-refractivity contribution in [2.45, 2.75) is 27.2 Å². The summed E-state index contributed by atoms with van der Waals surface area (Å²) < 4.78 is 15.8. The zero-order valence-electron chi connectivity index (χ0n) is 16.9. The summed E-state index contributed by atoms with van der Waals surface area (Å²) in [6, 6.07) is 3.38. The van der Waals surface area contributed by atoms with Crippen LogP contribution in [0.4, 0.5) is 0 Å². The summed E-state index contributed by atoms with van der Waals surface area (Å²) in [6.07, 6.45) is 3.94. The van der Waals surface area contributed by atoms with E-state index in [1.165, 1.54) is 13.2 Å². The Balaban J connectivity index is 1.93. The van der Waals surface area contributed by atoms with Crippen LogP contribution in [0.1, 0.15) is 32.8 Å². The van der Waals surface area contributed by atoms with E-state index in [0.29, 0.717) is 53.6 Å². The Labute approximate surface area is 171 Å². The van der Waals surface area contributed by atoms with Crippen molar-refractivity contribution in [3.8, 4) is 11.5 Å². The maximum Gasteiger partial charge on any atom is 0.331 e. The number of ether oxygens (including phenoxy) is 3. The van der Waals surface area contributed by atoms with E-state index in [2.05, 4.69) is 13.8 Å². The SMILES string of the molecule is CCOc1cc(/C=C/C(=O)OCC(=O)N2C[C@H](C)C[C@@H](C)C2)cc(Cl)c1OC. The highest BCUT2D eigenvalue weighted by Crippen LogP contribution is 2.36. The van der Waals surface area contributed by atoms with Crippen molar-refractivity contribution >= 4 is 29.6 Å². The topological polar surface area (TPSA) is 65.1 Å². The average molecular weight is 410 g/mol. The molecule has 2 rings (SSSR count). The molecule has 7 heteroatoms. The Morgan fingerprint density at radius 3 is 2.54 bits per heavy atom. The molecular formula is C21H28ClNO5. The maximum absolute atomic E-state index is 12.3. The van der Waals surface area contributed by atoms with E-state index in [9.17, 15) is 9.59 Å². The standard InChI is InChI=1S/C21H28ClNO5/c1-5-27-18-10-16(9-17(22)21(18)26-4)6-7-20(25)28-13-19(24)23-11-14(2)8-15(3)12-23/h6-7,9-10,14-15H,5,8,11-13H2,1-4H3/b7-6+/t14-,15-/m1/s1. The summed E-state index contributed by atoms with van der Waals surface area (Å²) >= 11 is 6.19. The number of halogens is 1. The average Bonchev–Trinajstić information content (AvgIpc) is 2.63. The number of esters is 1. The largest absolute Gasteiger partial charge is 0.491 e. The molecule has 1 aliphatic rings. The number of hydrogen-bond acceptors (Lipinski definition) is 5. The third-order valence-corrected chi connectivity index (χ3v) is 4.79.